The summed E-state index contributed by atoms with van der Waals surface area (Å²) in [4.78, 5) is 12.3. The summed E-state index contributed by atoms with van der Waals surface area (Å²) >= 11 is 3.33. The van der Waals surface area contributed by atoms with Crippen molar-refractivity contribution < 1.29 is 17.6 Å². The summed E-state index contributed by atoms with van der Waals surface area (Å²) in [5.74, 6) is -1.18. The summed E-state index contributed by atoms with van der Waals surface area (Å²) in [7, 11) is -4.11. The van der Waals surface area contributed by atoms with Crippen LogP contribution in [0.1, 0.15) is 11.1 Å². The first-order chi connectivity index (χ1) is 14.8. The summed E-state index contributed by atoms with van der Waals surface area (Å²) in [6.45, 7) is 1.37. The molecule has 0 aliphatic heterocycles. The third-order valence-corrected chi connectivity index (χ3v) is 6.60. The highest BCUT2D eigenvalue weighted by atomic mass is 79.9. The lowest BCUT2D eigenvalue weighted by Crippen LogP contribution is -2.39. The molecule has 0 saturated heterocycles. The third kappa shape index (κ3) is 5.99. The van der Waals surface area contributed by atoms with Crippen LogP contribution < -0.4 is 9.73 Å². The largest absolute Gasteiger partial charge is 0.271 e. The highest BCUT2D eigenvalue weighted by Gasteiger charge is 2.27. The molecule has 0 fully saturated rings. The predicted molar refractivity (Wildman–Crippen MR) is 122 cm³/mol. The smallest absolute Gasteiger partial charge is 0.264 e. The van der Waals surface area contributed by atoms with Gasteiger partial charge in [-0.15, -0.1) is 0 Å². The zero-order valence-electron chi connectivity index (χ0n) is 16.5. The number of sulfonamides is 1. The van der Waals surface area contributed by atoms with Gasteiger partial charge in [0.05, 0.1) is 16.8 Å². The standard InChI is InChI=1S/C22H19BrFN3O3S/c1-16-2-10-20(11-3-16)27(31(29,30)21-12-8-19(24)9-13-21)15-22(28)26-25-14-17-4-6-18(23)7-5-17/h2-14H,15H2,1H3,(H,26,28)/b25-14+. The van der Waals surface area contributed by atoms with Gasteiger partial charge in [0.1, 0.15) is 12.4 Å². The van der Waals surface area contributed by atoms with Gasteiger partial charge in [-0.1, -0.05) is 45.8 Å². The number of carbonyl (C=O) groups excluding carboxylic acids is 1. The molecule has 0 aliphatic carbocycles. The van der Waals surface area contributed by atoms with E-state index in [2.05, 4.69) is 26.5 Å². The van der Waals surface area contributed by atoms with Gasteiger partial charge in [-0.3, -0.25) is 9.10 Å². The van der Waals surface area contributed by atoms with Gasteiger partial charge in [0.2, 0.25) is 0 Å². The molecule has 160 valence electrons. The molecule has 0 spiro atoms. The van der Waals surface area contributed by atoms with Crippen LogP contribution in [-0.4, -0.2) is 27.1 Å². The van der Waals surface area contributed by atoms with Crippen molar-refractivity contribution >= 4 is 43.8 Å². The molecule has 3 aromatic rings. The third-order valence-electron chi connectivity index (χ3n) is 4.28. The Hall–Kier alpha value is -3.04. The number of aryl methyl sites for hydroxylation is 1. The van der Waals surface area contributed by atoms with Crippen molar-refractivity contribution in [2.45, 2.75) is 11.8 Å². The SMILES string of the molecule is Cc1ccc(N(CC(=O)N/N=C/c2ccc(Br)cc2)S(=O)(=O)c2ccc(F)cc2)cc1. The fraction of sp³-hybridized carbons (Fsp3) is 0.0909. The van der Waals surface area contributed by atoms with Crippen LogP contribution in [0.3, 0.4) is 0 Å². The first-order valence-corrected chi connectivity index (χ1v) is 11.4. The number of nitrogens with one attached hydrogen (secondary N) is 1. The van der Waals surface area contributed by atoms with Crippen LogP contribution in [0.5, 0.6) is 0 Å². The lowest BCUT2D eigenvalue weighted by molar-refractivity contribution is -0.119. The molecular weight excluding hydrogens is 485 g/mol. The lowest BCUT2D eigenvalue weighted by Gasteiger charge is -2.23. The van der Waals surface area contributed by atoms with Crippen molar-refractivity contribution in [2.75, 3.05) is 10.8 Å². The molecule has 1 N–H and O–H groups in total. The summed E-state index contributed by atoms with van der Waals surface area (Å²) in [6, 6.07) is 18.4. The number of carbonyl (C=O) groups is 1. The minimum Gasteiger partial charge on any atom is -0.271 e. The van der Waals surface area contributed by atoms with E-state index < -0.39 is 28.3 Å². The summed E-state index contributed by atoms with van der Waals surface area (Å²) in [5.41, 5.74) is 4.35. The first-order valence-electron chi connectivity index (χ1n) is 9.18. The lowest BCUT2D eigenvalue weighted by atomic mass is 10.2. The number of anilines is 1. The Morgan fingerprint density at radius 2 is 1.65 bits per heavy atom. The second-order valence-corrected chi connectivity index (χ2v) is 9.42. The Morgan fingerprint density at radius 3 is 2.26 bits per heavy atom. The first kappa shape index (κ1) is 22.6. The average Bonchev–Trinajstić information content (AvgIpc) is 2.74. The average molecular weight is 504 g/mol. The highest BCUT2D eigenvalue weighted by molar-refractivity contribution is 9.10. The minimum absolute atomic E-state index is 0.124. The van der Waals surface area contributed by atoms with Gasteiger partial charge in [0.15, 0.2) is 0 Å². The van der Waals surface area contributed by atoms with Crippen LogP contribution in [0, 0.1) is 12.7 Å². The van der Waals surface area contributed by atoms with Crippen molar-refractivity contribution in [1.29, 1.82) is 0 Å². The quantitative estimate of drug-likeness (QED) is 0.386. The van der Waals surface area contributed by atoms with Crippen LogP contribution in [0.25, 0.3) is 0 Å². The highest BCUT2D eigenvalue weighted by Crippen LogP contribution is 2.24. The molecule has 9 heteroatoms. The molecule has 0 aromatic heterocycles. The zero-order valence-corrected chi connectivity index (χ0v) is 18.9. The zero-order chi connectivity index (χ0) is 22.4. The van der Waals surface area contributed by atoms with Gasteiger partial charge < -0.3 is 0 Å². The number of amides is 1. The number of rotatable bonds is 7. The van der Waals surface area contributed by atoms with E-state index in [1.165, 1.54) is 6.21 Å². The molecule has 0 saturated carbocycles. The number of halogens is 2. The molecule has 0 radical (unpaired) electrons. The maximum Gasteiger partial charge on any atom is 0.264 e. The van der Waals surface area contributed by atoms with E-state index in [9.17, 15) is 17.6 Å². The second kappa shape index (κ2) is 9.84. The van der Waals surface area contributed by atoms with Crippen molar-refractivity contribution in [1.82, 2.24) is 5.43 Å². The summed E-state index contributed by atoms with van der Waals surface area (Å²) in [6.07, 6.45) is 1.45. The molecule has 0 unspecified atom stereocenters. The van der Waals surface area contributed by atoms with E-state index in [0.29, 0.717) is 5.69 Å². The van der Waals surface area contributed by atoms with Crippen LogP contribution >= 0.6 is 15.9 Å². The Kier molecular flexibility index (Phi) is 7.19. The van der Waals surface area contributed by atoms with Crippen LogP contribution in [0.2, 0.25) is 0 Å². The molecule has 1 amide bonds. The Bertz CT molecular complexity index is 1180. The molecule has 3 rings (SSSR count). The molecule has 0 atom stereocenters. The molecule has 0 bridgehead atoms. The van der Waals surface area contributed by atoms with Crippen molar-refractivity contribution in [3.63, 3.8) is 0 Å². The van der Waals surface area contributed by atoms with Crippen LogP contribution in [-0.2, 0) is 14.8 Å². The molecule has 31 heavy (non-hydrogen) atoms. The van der Waals surface area contributed by atoms with Gasteiger partial charge in [0, 0.05) is 4.47 Å². The van der Waals surface area contributed by atoms with Crippen molar-refractivity contribution in [3.8, 4) is 0 Å². The fourth-order valence-electron chi connectivity index (χ4n) is 2.65. The number of hydrogen-bond donors (Lipinski definition) is 1. The topological polar surface area (TPSA) is 78.8 Å². The van der Waals surface area contributed by atoms with E-state index in [1.54, 1.807) is 36.4 Å². The molecule has 6 nitrogen and oxygen atoms in total. The predicted octanol–water partition coefficient (Wildman–Crippen LogP) is 4.24. The van der Waals surface area contributed by atoms with E-state index in [0.717, 1.165) is 44.2 Å². The summed E-state index contributed by atoms with van der Waals surface area (Å²) in [5, 5.41) is 3.89. The molecular formula is C22H19BrFN3O3S. The van der Waals surface area contributed by atoms with E-state index in [1.807, 2.05) is 19.1 Å². The maximum atomic E-state index is 13.3. The van der Waals surface area contributed by atoms with E-state index in [-0.39, 0.29) is 4.90 Å². The number of benzene rings is 3. The van der Waals surface area contributed by atoms with Gasteiger partial charge >= 0.3 is 0 Å². The van der Waals surface area contributed by atoms with Crippen molar-refractivity contribution in [3.05, 3.63) is 94.2 Å². The Labute approximate surface area is 188 Å². The van der Waals surface area contributed by atoms with Gasteiger partial charge in [-0.05, 0) is 61.0 Å². The van der Waals surface area contributed by atoms with E-state index >= 15 is 0 Å². The normalized spacial score (nSPS) is 11.5. The van der Waals surface area contributed by atoms with E-state index in [4.69, 9.17) is 0 Å². The number of nitrogens with zero attached hydrogens (tertiary/aromatic N) is 2. The Balaban J connectivity index is 1.82. The van der Waals surface area contributed by atoms with Crippen LogP contribution in [0.4, 0.5) is 10.1 Å². The molecule has 3 aromatic carbocycles. The van der Waals surface area contributed by atoms with Gasteiger partial charge in [-0.2, -0.15) is 5.10 Å². The monoisotopic (exact) mass is 503 g/mol. The molecule has 0 aliphatic rings. The number of hydrogen-bond acceptors (Lipinski definition) is 4. The summed E-state index contributed by atoms with van der Waals surface area (Å²) < 4.78 is 41.5. The van der Waals surface area contributed by atoms with Crippen molar-refractivity contribution in [2.24, 2.45) is 5.10 Å². The minimum atomic E-state index is -4.11. The van der Waals surface area contributed by atoms with Crippen LogP contribution in [0.15, 0.2) is 87.3 Å². The Morgan fingerprint density at radius 1 is 1.03 bits per heavy atom. The second-order valence-electron chi connectivity index (χ2n) is 6.65. The van der Waals surface area contributed by atoms with Gasteiger partial charge in [-0.25, -0.2) is 18.2 Å². The number of hydrazone groups is 1. The maximum absolute atomic E-state index is 13.3. The fourth-order valence-corrected chi connectivity index (χ4v) is 4.34. The molecule has 0 heterocycles. The van der Waals surface area contributed by atoms with Gasteiger partial charge in [0.25, 0.3) is 15.9 Å².